The largest absolute Gasteiger partial charge is 0.490 e. The Bertz CT molecular complexity index is 809. The number of nitrogens with zero attached hydrogens (tertiary/aromatic N) is 1. The second-order valence-electron chi connectivity index (χ2n) is 6.79. The molecule has 1 heterocycles. The summed E-state index contributed by atoms with van der Waals surface area (Å²) in [5.41, 5.74) is 1.29. The first-order valence-corrected chi connectivity index (χ1v) is 8.73. The molecule has 2 aromatic rings. The molecule has 0 saturated heterocycles. The zero-order valence-electron chi connectivity index (χ0n) is 14.7. The Kier molecular flexibility index (Phi) is 5.20. The summed E-state index contributed by atoms with van der Waals surface area (Å²) in [5.74, 6) is -2.87. The molecule has 0 atom stereocenters. The van der Waals surface area contributed by atoms with Gasteiger partial charge in [-0.2, -0.15) is 0 Å². The summed E-state index contributed by atoms with van der Waals surface area (Å²) in [6, 6.07) is 7.34. The maximum absolute atomic E-state index is 13.5. The predicted octanol–water partition coefficient (Wildman–Crippen LogP) is 4.95. The van der Waals surface area contributed by atoms with E-state index >= 15 is 0 Å². The van der Waals surface area contributed by atoms with Gasteiger partial charge in [-0.3, -0.25) is 9.78 Å². The number of carbonyl (C=O) groups excluding carboxylic acids is 1. The van der Waals surface area contributed by atoms with E-state index in [-0.39, 0.29) is 12.0 Å². The first-order valence-electron chi connectivity index (χ1n) is 8.73. The van der Waals surface area contributed by atoms with E-state index in [1.165, 1.54) is 6.08 Å². The van der Waals surface area contributed by atoms with Crippen LogP contribution in [0.25, 0.3) is 10.9 Å². The lowest BCUT2D eigenvalue weighted by Gasteiger charge is -2.32. The molecule has 1 aliphatic rings. The van der Waals surface area contributed by atoms with E-state index < -0.39 is 11.8 Å². The first-order chi connectivity index (χ1) is 12.4. The van der Waals surface area contributed by atoms with Crippen LogP contribution in [0.5, 0.6) is 5.75 Å². The highest BCUT2D eigenvalue weighted by Crippen LogP contribution is 2.38. The fraction of sp³-hybridized carbons (Fsp3) is 0.400. The predicted molar refractivity (Wildman–Crippen MR) is 97.6 cm³/mol. The highest BCUT2D eigenvalue weighted by atomic mass is 19.3. The monoisotopic (exact) mass is 360 g/mol. The number of anilines is 1. The fourth-order valence-electron chi connectivity index (χ4n) is 3.35. The second kappa shape index (κ2) is 7.40. The Hall–Kier alpha value is -2.50. The summed E-state index contributed by atoms with van der Waals surface area (Å²) in [6.07, 6.45) is 4.78. The van der Waals surface area contributed by atoms with E-state index in [0.29, 0.717) is 37.1 Å². The molecule has 1 aromatic carbocycles. The molecule has 1 N–H and O–H groups in total. The number of amides is 1. The zero-order chi connectivity index (χ0) is 18.7. The Labute approximate surface area is 151 Å². The number of halogens is 2. The third kappa shape index (κ3) is 4.18. The molecule has 0 radical (unpaired) electrons. The van der Waals surface area contributed by atoms with Crippen molar-refractivity contribution in [1.29, 1.82) is 0 Å². The number of pyridine rings is 1. The molecule has 4 nitrogen and oxygen atoms in total. The van der Waals surface area contributed by atoms with Crippen LogP contribution in [0, 0.1) is 5.92 Å². The number of carbonyl (C=O) groups is 1. The quantitative estimate of drug-likeness (QED) is 0.768. The van der Waals surface area contributed by atoms with Gasteiger partial charge in [-0.15, -0.1) is 0 Å². The van der Waals surface area contributed by atoms with Crippen molar-refractivity contribution in [2.75, 3.05) is 5.32 Å². The third-order valence-electron chi connectivity index (χ3n) is 4.82. The minimum atomic E-state index is -2.63. The standard InChI is InChI=1S/C20H22F2N2O2/c1-3-19(25)24-14-11-16-17(23-12-14)5-4-6-18(16)26-15-9-7-13(8-10-15)20(2,21)22/h3-6,11-13,15H,1,7-10H2,2H3,(H,24,25). The topological polar surface area (TPSA) is 51.2 Å². The van der Waals surface area contributed by atoms with E-state index in [9.17, 15) is 13.6 Å². The molecule has 1 amide bonds. The number of benzene rings is 1. The van der Waals surface area contributed by atoms with Gasteiger partial charge in [-0.25, -0.2) is 8.78 Å². The number of aromatic nitrogens is 1. The van der Waals surface area contributed by atoms with Gasteiger partial charge in [0.05, 0.1) is 23.5 Å². The Morgan fingerprint density at radius 3 is 2.73 bits per heavy atom. The number of fused-ring (bicyclic) bond motifs is 1. The molecule has 1 aliphatic carbocycles. The summed E-state index contributed by atoms with van der Waals surface area (Å²) >= 11 is 0. The van der Waals surface area contributed by atoms with Crippen LogP contribution < -0.4 is 10.1 Å². The third-order valence-corrected chi connectivity index (χ3v) is 4.82. The van der Waals surface area contributed by atoms with Gasteiger partial charge in [0.25, 0.3) is 0 Å². The van der Waals surface area contributed by atoms with Crippen molar-refractivity contribution in [3.63, 3.8) is 0 Å². The van der Waals surface area contributed by atoms with Crippen molar-refractivity contribution >= 4 is 22.5 Å². The maximum atomic E-state index is 13.5. The molecular weight excluding hydrogens is 338 g/mol. The van der Waals surface area contributed by atoms with Crippen LogP contribution in [0.15, 0.2) is 43.1 Å². The highest BCUT2D eigenvalue weighted by molar-refractivity contribution is 6.00. The van der Waals surface area contributed by atoms with Crippen molar-refractivity contribution in [3.8, 4) is 5.75 Å². The molecule has 0 spiro atoms. The maximum Gasteiger partial charge on any atom is 0.248 e. The summed E-state index contributed by atoms with van der Waals surface area (Å²) < 4.78 is 33.0. The second-order valence-corrected chi connectivity index (χ2v) is 6.79. The smallest absolute Gasteiger partial charge is 0.248 e. The van der Waals surface area contributed by atoms with Crippen molar-refractivity contribution in [3.05, 3.63) is 43.1 Å². The molecule has 0 bridgehead atoms. The van der Waals surface area contributed by atoms with E-state index in [1.807, 2.05) is 18.2 Å². The van der Waals surface area contributed by atoms with Gasteiger partial charge in [-0.05, 0) is 56.9 Å². The van der Waals surface area contributed by atoms with E-state index in [4.69, 9.17) is 4.74 Å². The fourth-order valence-corrected chi connectivity index (χ4v) is 3.35. The lowest BCUT2D eigenvalue weighted by Crippen LogP contribution is -2.32. The van der Waals surface area contributed by atoms with Crippen molar-refractivity contribution in [2.45, 2.75) is 44.6 Å². The highest BCUT2D eigenvalue weighted by Gasteiger charge is 2.37. The van der Waals surface area contributed by atoms with Gasteiger partial charge in [-0.1, -0.05) is 12.6 Å². The Morgan fingerprint density at radius 2 is 2.08 bits per heavy atom. The lowest BCUT2D eigenvalue weighted by atomic mass is 9.84. The number of rotatable bonds is 5. The summed E-state index contributed by atoms with van der Waals surface area (Å²) in [6.45, 7) is 4.42. The molecule has 1 saturated carbocycles. The molecule has 26 heavy (non-hydrogen) atoms. The molecule has 1 aromatic heterocycles. The first kappa shape index (κ1) is 18.3. The van der Waals surface area contributed by atoms with E-state index in [2.05, 4.69) is 16.9 Å². The van der Waals surface area contributed by atoms with Crippen molar-refractivity contribution in [1.82, 2.24) is 4.98 Å². The zero-order valence-corrected chi connectivity index (χ0v) is 14.7. The van der Waals surface area contributed by atoms with Crippen LogP contribution in [0.4, 0.5) is 14.5 Å². The summed E-state index contributed by atoms with van der Waals surface area (Å²) in [7, 11) is 0. The van der Waals surface area contributed by atoms with Crippen LogP contribution >= 0.6 is 0 Å². The van der Waals surface area contributed by atoms with Crippen molar-refractivity contribution in [2.24, 2.45) is 5.92 Å². The average molecular weight is 360 g/mol. The van der Waals surface area contributed by atoms with Gasteiger partial charge in [0.1, 0.15) is 5.75 Å². The van der Waals surface area contributed by atoms with Gasteiger partial charge < -0.3 is 10.1 Å². The molecule has 6 heteroatoms. The molecular formula is C20H22F2N2O2. The number of alkyl halides is 2. The van der Waals surface area contributed by atoms with Gasteiger partial charge >= 0.3 is 0 Å². The summed E-state index contributed by atoms with van der Waals surface area (Å²) in [4.78, 5) is 15.8. The van der Waals surface area contributed by atoms with Crippen LogP contribution in [-0.2, 0) is 4.79 Å². The van der Waals surface area contributed by atoms with Gasteiger partial charge in [0.2, 0.25) is 11.8 Å². The number of hydrogen-bond donors (Lipinski definition) is 1. The van der Waals surface area contributed by atoms with Crippen LogP contribution in [0.1, 0.15) is 32.6 Å². The van der Waals surface area contributed by atoms with Crippen LogP contribution in [0.2, 0.25) is 0 Å². The Balaban J connectivity index is 1.76. The molecule has 0 aliphatic heterocycles. The van der Waals surface area contributed by atoms with Crippen LogP contribution in [-0.4, -0.2) is 22.9 Å². The minimum Gasteiger partial charge on any atom is -0.490 e. The van der Waals surface area contributed by atoms with E-state index in [1.54, 1.807) is 12.3 Å². The number of ether oxygens (including phenoxy) is 1. The number of hydrogen-bond acceptors (Lipinski definition) is 3. The molecule has 3 rings (SSSR count). The summed E-state index contributed by atoms with van der Waals surface area (Å²) in [5, 5.41) is 3.45. The lowest BCUT2D eigenvalue weighted by molar-refractivity contribution is -0.111. The van der Waals surface area contributed by atoms with Crippen molar-refractivity contribution < 1.29 is 18.3 Å². The molecule has 138 valence electrons. The van der Waals surface area contributed by atoms with Gasteiger partial charge in [0, 0.05) is 11.3 Å². The number of nitrogens with one attached hydrogen (secondary N) is 1. The normalized spacial score (nSPS) is 20.6. The van der Waals surface area contributed by atoms with E-state index in [0.717, 1.165) is 17.8 Å². The van der Waals surface area contributed by atoms with Crippen LogP contribution in [0.3, 0.4) is 0 Å². The minimum absolute atomic E-state index is 0.0920. The Morgan fingerprint density at radius 1 is 1.35 bits per heavy atom. The molecule has 1 fully saturated rings. The van der Waals surface area contributed by atoms with Gasteiger partial charge in [0.15, 0.2) is 0 Å². The average Bonchev–Trinajstić information content (AvgIpc) is 2.62. The SMILES string of the molecule is C=CC(=O)Nc1cnc2cccc(OC3CCC(C(C)(F)F)CC3)c2c1. The molecule has 0 unspecified atom stereocenters.